The Balaban J connectivity index is 2.29. The molecule has 0 saturated carbocycles. The lowest BCUT2D eigenvalue weighted by atomic mass is 10.1. The first-order chi connectivity index (χ1) is 8.97. The van der Waals surface area contributed by atoms with Crippen LogP contribution >= 0.6 is 0 Å². The van der Waals surface area contributed by atoms with Crippen molar-refractivity contribution in [3.63, 3.8) is 0 Å². The maximum Gasteiger partial charge on any atom is 0.244 e. The van der Waals surface area contributed by atoms with Crippen molar-refractivity contribution in [2.45, 2.75) is 19.9 Å². The molecule has 100 valence electrons. The Kier molecular flexibility index (Phi) is 3.55. The monoisotopic (exact) mass is 258 g/mol. The normalized spacial score (nSPS) is 12.2. The van der Waals surface area contributed by atoms with E-state index in [1.54, 1.807) is 4.68 Å². The molecule has 1 amide bonds. The Morgan fingerprint density at radius 3 is 2.42 bits per heavy atom. The SMILES string of the molecule is Cc1ccc(NC(C(N)=O)c2cn(C)nc2C)cc1. The van der Waals surface area contributed by atoms with Gasteiger partial charge in [-0.05, 0) is 26.0 Å². The summed E-state index contributed by atoms with van der Waals surface area (Å²) in [6, 6.07) is 7.25. The maximum atomic E-state index is 11.7. The van der Waals surface area contributed by atoms with Gasteiger partial charge in [-0.3, -0.25) is 9.48 Å². The van der Waals surface area contributed by atoms with Gasteiger partial charge in [0.05, 0.1) is 5.69 Å². The number of rotatable bonds is 4. The molecule has 0 aliphatic rings. The molecule has 1 heterocycles. The first kappa shape index (κ1) is 13.1. The summed E-state index contributed by atoms with van der Waals surface area (Å²) in [6.45, 7) is 3.88. The molecule has 5 nitrogen and oxygen atoms in total. The van der Waals surface area contributed by atoms with E-state index in [0.717, 1.165) is 16.9 Å². The number of aryl methyl sites for hydroxylation is 3. The first-order valence-electron chi connectivity index (χ1n) is 6.10. The molecule has 2 rings (SSSR count). The van der Waals surface area contributed by atoms with E-state index in [0.29, 0.717) is 0 Å². The van der Waals surface area contributed by atoms with Gasteiger partial charge in [0.2, 0.25) is 5.91 Å². The average molecular weight is 258 g/mol. The minimum absolute atomic E-state index is 0.420. The van der Waals surface area contributed by atoms with Crippen molar-refractivity contribution in [1.29, 1.82) is 0 Å². The zero-order valence-corrected chi connectivity index (χ0v) is 11.3. The van der Waals surface area contributed by atoms with Gasteiger partial charge in [0.15, 0.2) is 0 Å². The van der Waals surface area contributed by atoms with Crippen LogP contribution in [-0.4, -0.2) is 15.7 Å². The molecular formula is C14H18N4O. The van der Waals surface area contributed by atoms with Crippen LogP contribution in [0, 0.1) is 13.8 Å². The van der Waals surface area contributed by atoms with Gasteiger partial charge in [0.1, 0.15) is 6.04 Å². The Bertz CT molecular complexity index is 586. The molecule has 0 fully saturated rings. The fourth-order valence-corrected chi connectivity index (χ4v) is 2.02. The lowest BCUT2D eigenvalue weighted by Crippen LogP contribution is -2.28. The van der Waals surface area contributed by atoms with Crippen LogP contribution in [0.5, 0.6) is 0 Å². The highest BCUT2D eigenvalue weighted by Crippen LogP contribution is 2.21. The Morgan fingerprint density at radius 2 is 1.95 bits per heavy atom. The largest absolute Gasteiger partial charge is 0.370 e. The van der Waals surface area contributed by atoms with E-state index in [4.69, 9.17) is 5.73 Å². The van der Waals surface area contributed by atoms with Gasteiger partial charge in [-0.2, -0.15) is 5.10 Å². The van der Waals surface area contributed by atoms with Crippen LogP contribution in [0.15, 0.2) is 30.5 Å². The third kappa shape index (κ3) is 2.93. The number of hydrogen-bond acceptors (Lipinski definition) is 3. The van der Waals surface area contributed by atoms with Gasteiger partial charge in [0.25, 0.3) is 0 Å². The van der Waals surface area contributed by atoms with Gasteiger partial charge in [-0.1, -0.05) is 17.7 Å². The Labute approximate surface area is 112 Å². The summed E-state index contributed by atoms with van der Waals surface area (Å²) in [5, 5.41) is 7.39. The van der Waals surface area contributed by atoms with Crippen molar-refractivity contribution < 1.29 is 4.79 Å². The summed E-state index contributed by atoms with van der Waals surface area (Å²) in [5.41, 5.74) is 9.11. The molecule has 1 aromatic heterocycles. The van der Waals surface area contributed by atoms with Crippen LogP contribution in [0.1, 0.15) is 22.9 Å². The third-order valence-electron chi connectivity index (χ3n) is 3.01. The lowest BCUT2D eigenvalue weighted by Gasteiger charge is -2.16. The van der Waals surface area contributed by atoms with Crippen LogP contribution in [0.2, 0.25) is 0 Å². The molecule has 3 N–H and O–H groups in total. The molecule has 0 aliphatic carbocycles. The number of nitrogens with one attached hydrogen (secondary N) is 1. The molecule has 0 bridgehead atoms. The van der Waals surface area contributed by atoms with Crippen LogP contribution in [-0.2, 0) is 11.8 Å². The summed E-state index contributed by atoms with van der Waals surface area (Å²) < 4.78 is 1.68. The van der Waals surface area contributed by atoms with E-state index < -0.39 is 11.9 Å². The molecule has 19 heavy (non-hydrogen) atoms. The van der Waals surface area contributed by atoms with E-state index in [1.807, 2.05) is 51.4 Å². The number of carbonyl (C=O) groups is 1. The van der Waals surface area contributed by atoms with Gasteiger partial charge in [-0.15, -0.1) is 0 Å². The van der Waals surface area contributed by atoms with E-state index in [1.165, 1.54) is 5.56 Å². The predicted octanol–water partition coefficient (Wildman–Crippen LogP) is 1.68. The topological polar surface area (TPSA) is 72.9 Å². The maximum absolute atomic E-state index is 11.7. The average Bonchev–Trinajstić information content (AvgIpc) is 2.67. The van der Waals surface area contributed by atoms with Gasteiger partial charge in [-0.25, -0.2) is 0 Å². The Morgan fingerprint density at radius 1 is 1.32 bits per heavy atom. The molecule has 1 atom stereocenters. The standard InChI is InChI=1S/C14H18N4O/c1-9-4-6-11(7-5-9)16-13(14(15)19)12-8-18(3)17-10(12)2/h4-8,13,16H,1-3H3,(H2,15,19). The highest BCUT2D eigenvalue weighted by atomic mass is 16.1. The summed E-state index contributed by atoms with van der Waals surface area (Å²) in [7, 11) is 1.82. The number of aromatic nitrogens is 2. The number of nitrogens with zero attached hydrogens (tertiary/aromatic N) is 2. The second kappa shape index (κ2) is 5.14. The molecule has 0 spiro atoms. The second-order valence-corrected chi connectivity index (χ2v) is 4.69. The fourth-order valence-electron chi connectivity index (χ4n) is 2.02. The highest BCUT2D eigenvalue weighted by Gasteiger charge is 2.21. The van der Waals surface area contributed by atoms with Crippen molar-refractivity contribution in [3.05, 3.63) is 47.3 Å². The number of carbonyl (C=O) groups excluding carboxylic acids is 1. The van der Waals surface area contributed by atoms with Crippen LogP contribution < -0.4 is 11.1 Å². The third-order valence-corrected chi connectivity index (χ3v) is 3.01. The molecular weight excluding hydrogens is 240 g/mol. The smallest absolute Gasteiger partial charge is 0.244 e. The minimum atomic E-state index is -0.573. The van der Waals surface area contributed by atoms with Gasteiger partial charge in [0, 0.05) is 24.5 Å². The number of hydrogen-bond donors (Lipinski definition) is 2. The number of nitrogens with two attached hydrogens (primary N) is 1. The number of amides is 1. The van der Waals surface area contributed by atoms with Gasteiger partial charge >= 0.3 is 0 Å². The molecule has 5 heteroatoms. The van der Waals surface area contributed by atoms with Crippen LogP contribution in [0.25, 0.3) is 0 Å². The van der Waals surface area contributed by atoms with E-state index in [-0.39, 0.29) is 0 Å². The first-order valence-corrected chi connectivity index (χ1v) is 6.10. The van der Waals surface area contributed by atoms with E-state index in [9.17, 15) is 4.79 Å². The predicted molar refractivity (Wildman–Crippen MR) is 74.7 cm³/mol. The molecule has 0 aliphatic heterocycles. The molecule has 0 radical (unpaired) electrons. The zero-order chi connectivity index (χ0) is 14.0. The lowest BCUT2D eigenvalue weighted by molar-refractivity contribution is -0.118. The Hall–Kier alpha value is -2.30. The zero-order valence-electron chi connectivity index (χ0n) is 11.3. The highest BCUT2D eigenvalue weighted by molar-refractivity contribution is 5.84. The number of benzene rings is 1. The molecule has 1 unspecified atom stereocenters. The van der Waals surface area contributed by atoms with Gasteiger partial charge < -0.3 is 11.1 Å². The minimum Gasteiger partial charge on any atom is -0.370 e. The van der Waals surface area contributed by atoms with Crippen molar-refractivity contribution in [3.8, 4) is 0 Å². The van der Waals surface area contributed by atoms with Crippen molar-refractivity contribution in [2.75, 3.05) is 5.32 Å². The molecule has 1 aromatic carbocycles. The van der Waals surface area contributed by atoms with Crippen LogP contribution in [0.4, 0.5) is 5.69 Å². The number of anilines is 1. The fraction of sp³-hybridized carbons (Fsp3) is 0.286. The van der Waals surface area contributed by atoms with Crippen molar-refractivity contribution >= 4 is 11.6 Å². The van der Waals surface area contributed by atoms with Crippen molar-refractivity contribution in [2.24, 2.45) is 12.8 Å². The summed E-state index contributed by atoms with van der Waals surface area (Å²) in [4.78, 5) is 11.7. The second-order valence-electron chi connectivity index (χ2n) is 4.69. The van der Waals surface area contributed by atoms with E-state index >= 15 is 0 Å². The summed E-state index contributed by atoms with van der Waals surface area (Å²) in [5.74, 6) is -0.420. The van der Waals surface area contributed by atoms with Crippen molar-refractivity contribution in [1.82, 2.24) is 9.78 Å². The quantitative estimate of drug-likeness (QED) is 0.876. The summed E-state index contributed by atoms with van der Waals surface area (Å²) in [6.07, 6.45) is 1.81. The summed E-state index contributed by atoms with van der Waals surface area (Å²) >= 11 is 0. The molecule has 0 saturated heterocycles. The van der Waals surface area contributed by atoms with E-state index in [2.05, 4.69) is 10.4 Å². The van der Waals surface area contributed by atoms with Crippen LogP contribution in [0.3, 0.4) is 0 Å². The molecule has 2 aromatic rings. The number of primary amides is 1.